The zero-order chi connectivity index (χ0) is 8.91. The average Bonchev–Trinajstić information content (AvgIpc) is 1.83. The summed E-state index contributed by atoms with van der Waals surface area (Å²) in [5.41, 5.74) is 0.776. The van der Waals surface area contributed by atoms with E-state index in [1.807, 2.05) is 0 Å². The van der Waals surface area contributed by atoms with Crippen molar-refractivity contribution in [2.75, 3.05) is 6.61 Å². The zero-order valence-corrected chi connectivity index (χ0v) is 5.95. The predicted molar refractivity (Wildman–Crippen MR) is 32.0 cm³/mol. The van der Waals surface area contributed by atoms with Crippen LogP contribution in [-0.4, -0.2) is 18.8 Å². The maximum absolute atomic E-state index is 11.3. The Balaban J connectivity index is 3.63. The van der Waals surface area contributed by atoms with Crippen LogP contribution in [0.1, 0.15) is 0 Å². The van der Waals surface area contributed by atoms with Crippen LogP contribution in [0.15, 0.2) is 11.6 Å². The number of esters is 1. The first kappa shape index (κ1) is 10.3. The summed E-state index contributed by atoms with van der Waals surface area (Å²) in [4.78, 5) is 10.2. The molecule has 0 unspecified atom stereocenters. The molecule has 0 aliphatic heterocycles. The fraction of sp³-hybridized carbons (Fsp3) is 0.400. The van der Waals surface area contributed by atoms with Gasteiger partial charge in [0, 0.05) is 11.6 Å². The number of hydrogen-bond donors (Lipinski definition) is 0. The van der Waals surface area contributed by atoms with Crippen LogP contribution in [0.4, 0.5) is 13.2 Å². The van der Waals surface area contributed by atoms with Gasteiger partial charge in [0.05, 0.1) is 0 Å². The van der Waals surface area contributed by atoms with Crippen LogP contribution in [-0.2, 0) is 9.53 Å². The maximum atomic E-state index is 11.3. The molecule has 0 fully saturated rings. The first-order valence-corrected chi connectivity index (χ1v) is 2.89. The number of hydrogen-bond acceptors (Lipinski definition) is 2. The standard InChI is InChI=1S/C5H4ClF3O2/c6-2-1-4(10)11-3-5(7,8)9/h1-2H,3H2. The first-order chi connectivity index (χ1) is 4.95. The predicted octanol–water partition coefficient (Wildman–Crippen LogP) is 1.84. The zero-order valence-electron chi connectivity index (χ0n) is 5.19. The minimum Gasteiger partial charge on any atom is -0.453 e. The Kier molecular flexibility index (Phi) is 3.95. The van der Waals surface area contributed by atoms with Gasteiger partial charge in [-0.3, -0.25) is 0 Å². The van der Waals surface area contributed by atoms with Crippen LogP contribution in [0.2, 0.25) is 0 Å². The van der Waals surface area contributed by atoms with Crippen LogP contribution in [0.25, 0.3) is 0 Å². The molecule has 0 aromatic carbocycles. The minimum absolute atomic E-state index is 0.688. The van der Waals surface area contributed by atoms with Crippen molar-refractivity contribution in [3.63, 3.8) is 0 Å². The third-order valence-corrected chi connectivity index (χ3v) is 0.703. The highest BCUT2D eigenvalue weighted by Gasteiger charge is 2.29. The molecule has 0 aromatic heterocycles. The monoisotopic (exact) mass is 188 g/mol. The van der Waals surface area contributed by atoms with Gasteiger partial charge < -0.3 is 4.74 Å². The molecule has 0 saturated carbocycles. The van der Waals surface area contributed by atoms with E-state index in [-0.39, 0.29) is 0 Å². The molecule has 0 atom stereocenters. The lowest BCUT2D eigenvalue weighted by Crippen LogP contribution is -2.19. The van der Waals surface area contributed by atoms with Crippen molar-refractivity contribution >= 4 is 17.6 Å². The van der Waals surface area contributed by atoms with E-state index in [0.717, 1.165) is 5.54 Å². The first-order valence-electron chi connectivity index (χ1n) is 2.46. The van der Waals surface area contributed by atoms with Gasteiger partial charge in [0.25, 0.3) is 0 Å². The normalized spacial score (nSPS) is 12.0. The van der Waals surface area contributed by atoms with E-state index in [4.69, 9.17) is 11.6 Å². The van der Waals surface area contributed by atoms with E-state index in [1.165, 1.54) is 0 Å². The summed E-state index contributed by atoms with van der Waals surface area (Å²) in [5.74, 6) is -1.11. The van der Waals surface area contributed by atoms with Crippen molar-refractivity contribution in [3.8, 4) is 0 Å². The second kappa shape index (κ2) is 4.23. The highest BCUT2D eigenvalue weighted by atomic mass is 35.5. The molecule has 0 saturated heterocycles. The summed E-state index contributed by atoms with van der Waals surface area (Å²) in [6.07, 6.45) is -3.80. The molecule has 6 heteroatoms. The summed E-state index contributed by atoms with van der Waals surface area (Å²) in [7, 11) is 0. The van der Waals surface area contributed by atoms with Crippen molar-refractivity contribution in [2.45, 2.75) is 6.18 Å². The van der Waals surface area contributed by atoms with E-state index in [0.29, 0.717) is 6.08 Å². The van der Waals surface area contributed by atoms with E-state index in [1.54, 1.807) is 0 Å². The molecular weight excluding hydrogens is 184 g/mol. The molecule has 0 aliphatic rings. The summed E-state index contributed by atoms with van der Waals surface area (Å²) in [6, 6.07) is 0. The van der Waals surface area contributed by atoms with Crippen molar-refractivity contribution in [3.05, 3.63) is 11.6 Å². The van der Waals surface area contributed by atoms with Crippen LogP contribution in [0, 0.1) is 0 Å². The Hall–Kier alpha value is -0.710. The van der Waals surface area contributed by atoms with Gasteiger partial charge in [-0.1, -0.05) is 11.6 Å². The third kappa shape index (κ3) is 7.18. The summed E-state index contributed by atoms with van der Waals surface area (Å²) >= 11 is 4.88. The van der Waals surface area contributed by atoms with Crippen LogP contribution < -0.4 is 0 Å². The van der Waals surface area contributed by atoms with Crippen molar-refractivity contribution in [2.24, 2.45) is 0 Å². The van der Waals surface area contributed by atoms with Crippen molar-refractivity contribution in [1.29, 1.82) is 0 Å². The van der Waals surface area contributed by atoms with Gasteiger partial charge in [-0.25, -0.2) is 4.79 Å². The molecule has 2 nitrogen and oxygen atoms in total. The molecule has 0 heterocycles. The van der Waals surface area contributed by atoms with Crippen LogP contribution in [0.5, 0.6) is 0 Å². The number of halogens is 4. The Bertz CT molecular complexity index is 164. The molecule has 0 aliphatic carbocycles. The van der Waals surface area contributed by atoms with Gasteiger partial charge in [-0.05, 0) is 0 Å². The quantitative estimate of drug-likeness (QED) is 0.488. The van der Waals surface area contributed by atoms with Gasteiger partial charge >= 0.3 is 12.1 Å². The van der Waals surface area contributed by atoms with Crippen LogP contribution >= 0.6 is 11.6 Å². The van der Waals surface area contributed by atoms with Crippen molar-refractivity contribution in [1.82, 2.24) is 0 Å². The number of carbonyl (C=O) groups is 1. The summed E-state index contributed by atoms with van der Waals surface area (Å²) < 4.78 is 37.7. The largest absolute Gasteiger partial charge is 0.453 e. The maximum Gasteiger partial charge on any atom is 0.422 e. The molecule has 11 heavy (non-hydrogen) atoms. The number of alkyl halides is 3. The summed E-state index contributed by atoms with van der Waals surface area (Å²) in [6.45, 7) is -1.59. The summed E-state index contributed by atoms with van der Waals surface area (Å²) in [5, 5.41) is 0. The number of carbonyl (C=O) groups excluding carboxylic acids is 1. The lowest BCUT2D eigenvalue weighted by Gasteiger charge is -2.04. The molecule has 0 spiro atoms. The smallest absolute Gasteiger partial charge is 0.422 e. The number of rotatable bonds is 2. The average molecular weight is 189 g/mol. The van der Waals surface area contributed by atoms with Crippen LogP contribution in [0.3, 0.4) is 0 Å². The lowest BCUT2D eigenvalue weighted by atomic mass is 10.6. The van der Waals surface area contributed by atoms with Crippen molar-refractivity contribution < 1.29 is 22.7 Å². The van der Waals surface area contributed by atoms with E-state index >= 15 is 0 Å². The highest BCUT2D eigenvalue weighted by Crippen LogP contribution is 2.14. The molecule has 0 N–H and O–H groups in total. The highest BCUT2D eigenvalue weighted by molar-refractivity contribution is 6.26. The SMILES string of the molecule is O=C(C=CCl)OCC(F)(F)F. The molecule has 0 rings (SSSR count). The molecular formula is C5H4ClF3O2. The van der Waals surface area contributed by atoms with Gasteiger partial charge in [-0.15, -0.1) is 0 Å². The fourth-order valence-electron chi connectivity index (χ4n) is 0.253. The van der Waals surface area contributed by atoms with E-state index in [9.17, 15) is 18.0 Å². The molecule has 0 amide bonds. The Morgan fingerprint density at radius 1 is 1.55 bits per heavy atom. The Labute approximate surface area is 65.6 Å². The third-order valence-electron chi connectivity index (χ3n) is 0.577. The molecule has 0 radical (unpaired) electrons. The van der Waals surface area contributed by atoms with Gasteiger partial charge in [0.1, 0.15) is 0 Å². The second-order valence-electron chi connectivity index (χ2n) is 1.52. The lowest BCUT2D eigenvalue weighted by molar-refractivity contribution is -0.182. The van der Waals surface area contributed by atoms with Gasteiger partial charge in [0.15, 0.2) is 6.61 Å². The Morgan fingerprint density at radius 3 is 2.45 bits per heavy atom. The second-order valence-corrected chi connectivity index (χ2v) is 1.77. The number of ether oxygens (including phenoxy) is 1. The van der Waals surface area contributed by atoms with Gasteiger partial charge in [0.2, 0.25) is 0 Å². The van der Waals surface area contributed by atoms with Gasteiger partial charge in [-0.2, -0.15) is 13.2 Å². The molecule has 64 valence electrons. The topological polar surface area (TPSA) is 26.3 Å². The Morgan fingerprint density at radius 2 is 2.09 bits per heavy atom. The minimum atomic E-state index is -4.49. The fourth-order valence-corrected chi connectivity index (χ4v) is 0.355. The van der Waals surface area contributed by atoms with E-state index < -0.39 is 18.8 Å². The molecule has 0 bridgehead atoms. The van der Waals surface area contributed by atoms with E-state index in [2.05, 4.69) is 4.74 Å². The molecule has 0 aromatic rings.